The van der Waals surface area contributed by atoms with Gasteiger partial charge in [0, 0.05) is 19.2 Å². The number of amides is 2. The molecule has 0 fully saturated rings. The van der Waals surface area contributed by atoms with E-state index in [0.29, 0.717) is 37.1 Å². The van der Waals surface area contributed by atoms with Crippen molar-refractivity contribution in [2.45, 2.75) is 25.3 Å². The Bertz CT molecular complexity index is 588. The molecular formula is C17H25N3O5. The molecule has 0 aromatic heterocycles. The van der Waals surface area contributed by atoms with Gasteiger partial charge in [-0.15, -0.1) is 0 Å². The minimum Gasteiger partial charge on any atom is -0.497 e. The minimum absolute atomic E-state index is 0.177. The molecule has 1 aromatic rings. The van der Waals surface area contributed by atoms with E-state index in [2.05, 4.69) is 5.32 Å². The maximum atomic E-state index is 11.9. The van der Waals surface area contributed by atoms with Gasteiger partial charge in [0.15, 0.2) is 0 Å². The largest absolute Gasteiger partial charge is 0.497 e. The standard InChI is InChI=1S/C17H25N3O5/c1-20(11-15(21)22)17(24)14(18)5-3-4-10-19-16(23)12-6-8-13(25-2)9-7-12/h6-9,14H,3-5,10-11,18H2,1-2H3,(H,19,23)(H,21,22)/t14-/m0/s1. The number of rotatable bonds is 10. The second kappa shape index (κ2) is 10.3. The molecule has 25 heavy (non-hydrogen) atoms. The van der Waals surface area contributed by atoms with E-state index in [1.54, 1.807) is 31.4 Å². The number of carboxylic acids is 1. The topological polar surface area (TPSA) is 122 Å². The van der Waals surface area contributed by atoms with Crippen molar-refractivity contribution in [3.8, 4) is 5.75 Å². The van der Waals surface area contributed by atoms with Crippen LogP contribution in [0, 0.1) is 0 Å². The van der Waals surface area contributed by atoms with Crippen LogP contribution in [0.4, 0.5) is 0 Å². The Kier molecular flexibility index (Phi) is 8.42. The molecule has 1 aromatic carbocycles. The Labute approximate surface area is 146 Å². The number of unbranched alkanes of at least 4 members (excludes halogenated alkanes) is 1. The predicted molar refractivity (Wildman–Crippen MR) is 92.4 cm³/mol. The van der Waals surface area contributed by atoms with E-state index in [-0.39, 0.29) is 12.5 Å². The number of carbonyl (C=O) groups excluding carboxylic acids is 2. The van der Waals surface area contributed by atoms with Gasteiger partial charge < -0.3 is 25.8 Å². The maximum absolute atomic E-state index is 11.9. The average Bonchev–Trinajstić information content (AvgIpc) is 2.59. The molecule has 138 valence electrons. The second-order valence-electron chi connectivity index (χ2n) is 5.67. The Hall–Kier alpha value is -2.61. The van der Waals surface area contributed by atoms with E-state index < -0.39 is 17.9 Å². The summed E-state index contributed by atoms with van der Waals surface area (Å²) in [7, 11) is 2.97. The Morgan fingerprint density at radius 2 is 1.88 bits per heavy atom. The number of carbonyl (C=O) groups is 3. The SMILES string of the molecule is COc1ccc(C(=O)NCCCC[C@H](N)C(=O)N(C)CC(=O)O)cc1. The van der Waals surface area contributed by atoms with Crippen LogP contribution in [0.3, 0.4) is 0 Å². The number of hydrogen-bond donors (Lipinski definition) is 3. The molecule has 8 nitrogen and oxygen atoms in total. The smallest absolute Gasteiger partial charge is 0.323 e. The first kappa shape index (κ1) is 20.4. The van der Waals surface area contributed by atoms with Crippen LogP contribution < -0.4 is 15.8 Å². The third kappa shape index (κ3) is 7.21. The number of aliphatic carboxylic acids is 1. The highest BCUT2D eigenvalue weighted by molar-refractivity contribution is 5.94. The van der Waals surface area contributed by atoms with Gasteiger partial charge in [0.2, 0.25) is 5.91 Å². The zero-order valence-corrected chi connectivity index (χ0v) is 14.5. The summed E-state index contributed by atoms with van der Waals surface area (Å²) in [6.45, 7) is 0.0984. The monoisotopic (exact) mass is 351 g/mol. The summed E-state index contributed by atoms with van der Waals surface area (Å²) in [5.41, 5.74) is 6.32. The maximum Gasteiger partial charge on any atom is 0.323 e. The minimum atomic E-state index is -1.08. The van der Waals surface area contributed by atoms with Gasteiger partial charge in [0.05, 0.1) is 13.2 Å². The van der Waals surface area contributed by atoms with Crippen LogP contribution in [0.15, 0.2) is 24.3 Å². The van der Waals surface area contributed by atoms with Gasteiger partial charge >= 0.3 is 5.97 Å². The zero-order chi connectivity index (χ0) is 18.8. The Morgan fingerprint density at radius 3 is 2.44 bits per heavy atom. The highest BCUT2D eigenvalue weighted by Crippen LogP contribution is 2.11. The van der Waals surface area contributed by atoms with Gasteiger partial charge in [-0.3, -0.25) is 14.4 Å². The van der Waals surface area contributed by atoms with Crippen LogP contribution >= 0.6 is 0 Å². The first-order chi connectivity index (χ1) is 11.8. The highest BCUT2D eigenvalue weighted by atomic mass is 16.5. The molecule has 0 saturated carbocycles. The van der Waals surface area contributed by atoms with E-state index in [0.717, 1.165) is 4.90 Å². The third-order valence-electron chi connectivity index (χ3n) is 3.65. The van der Waals surface area contributed by atoms with Crippen molar-refractivity contribution < 1.29 is 24.2 Å². The van der Waals surface area contributed by atoms with Crippen molar-refractivity contribution in [2.24, 2.45) is 5.73 Å². The van der Waals surface area contributed by atoms with Gasteiger partial charge in [0.25, 0.3) is 5.91 Å². The fraction of sp³-hybridized carbons (Fsp3) is 0.471. The van der Waals surface area contributed by atoms with E-state index in [9.17, 15) is 14.4 Å². The van der Waals surface area contributed by atoms with E-state index >= 15 is 0 Å². The van der Waals surface area contributed by atoms with Crippen molar-refractivity contribution in [2.75, 3.05) is 27.2 Å². The molecule has 1 rings (SSSR count). The number of ether oxygens (including phenoxy) is 1. The lowest BCUT2D eigenvalue weighted by molar-refractivity contribution is -0.144. The molecule has 0 bridgehead atoms. The summed E-state index contributed by atoms with van der Waals surface area (Å²) >= 11 is 0. The molecule has 0 saturated heterocycles. The molecule has 0 aliphatic rings. The van der Waals surface area contributed by atoms with Gasteiger partial charge in [-0.1, -0.05) is 0 Å². The van der Waals surface area contributed by atoms with Crippen molar-refractivity contribution in [3.05, 3.63) is 29.8 Å². The summed E-state index contributed by atoms with van der Waals surface area (Å²) < 4.78 is 5.03. The molecule has 0 aliphatic heterocycles. The molecular weight excluding hydrogens is 326 g/mol. The summed E-state index contributed by atoms with van der Waals surface area (Å²) in [6, 6.07) is 6.06. The number of carboxylic acid groups (broad SMARTS) is 1. The third-order valence-corrected chi connectivity index (χ3v) is 3.65. The molecule has 8 heteroatoms. The molecule has 0 aliphatic carbocycles. The molecule has 4 N–H and O–H groups in total. The second-order valence-corrected chi connectivity index (χ2v) is 5.67. The average molecular weight is 351 g/mol. The molecule has 0 unspecified atom stereocenters. The van der Waals surface area contributed by atoms with Crippen molar-refractivity contribution in [3.63, 3.8) is 0 Å². The highest BCUT2D eigenvalue weighted by Gasteiger charge is 2.19. The number of nitrogens with one attached hydrogen (secondary N) is 1. The lowest BCUT2D eigenvalue weighted by Gasteiger charge is -2.19. The summed E-state index contributed by atoms with van der Waals surface area (Å²) in [4.78, 5) is 35.5. The van der Waals surface area contributed by atoms with Crippen LogP contribution in [-0.2, 0) is 9.59 Å². The van der Waals surface area contributed by atoms with Gasteiger partial charge in [-0.25, -0.2) is 0 Å². The lowest BCUT2D eigenvalue weighted by Crippen LogP contribution is -2.43. The molecule has 2 amide bonds. The zero-order valence-electron chi connectivity index (χ0n) is 14.5. The number of methoxy groups -OCH3 is 1. The quantitative estimate of drug-likeness (QED) is 0.527. The van der Waals surface area contributed by atoms with Gasteiger partial charge in [-0.05, 0) is 43.5 Å². The van der Waals surface area contributed by atoms with Crippen LogP contribution in [0.25, 0.3) is 0 Å². The van der Waals surface area contributed by atoms with Crippen LogP contribution in [0.1, 0.15) is 29.6 Å². The number of nitrogens with two attached hydrogens (primary N) is 1. The molecule has 0 spiro atoms. The van der Waals surface area contributed by atoms with Crippen molar-refractivity contribution in [1.82, 2.24) is 10.2 Å². The Balaban J connectivity index is 2.25. The first-order valence-corrected chi connectivity index (χ1v) is 7.99. The Morgan fingerprint density at radius 1 is 1.24 bits per heavy atom. The summed E-state index contributed by atoms with van der Waals surface area (Å²) in [5, 5.41) is 11.4. The van der Waals surface area contributed by atoms with E-state index in [1.807, 2.05) is 0 Å². The fourth-order valence-electron chi connectivity index (χ4n) is 2.22. The summed E-state index contributed by atoms with van der Waals surface area (Å²) in [6.07, 6.45) is 1.75. The van der Waals surface area contributed by atoms with Crippen LogP contribution in [-0.4, -0.2) is 61.1 Å². The molecule has 0 radical (unpaired) electrons. The predicted octanol–water partition coefficient (Wildman–Crippen LogP) is 0.466. The fourth-order valence-corrected chi connectivity index (χ4v) is 2.22. The molecule has 1 atom stereocenters. The normalized spacial score (nSPS) is 11.5. The number of nitrogens with zero attached hydrogens (tertiary/aromatic N) is 1. The molecule has 0 heterocycles. The van der Waals surface area contributed by atoms with Crippen LogP contribution in [0.2, 0.25) is 0 Å². The number of likely N-dealkylation sites (N-methyl/N-ethyl adjacent to an activating group) is 1. The van der Waals surface area contributed by atoms with Crippen molar-refractivity contribution in [1.29, 1.82) is 0 Å². The summed E-state index contributed by atoms with van der Waals surface area (Å²) in [5.74, 6) is -0.971. The van der Waals surface area contributed by atoms with Crippen molar-refractivity contribution >= 4 is 17.8 Å². The lowest BCUT2D eigenvalue weighted by atomic mass is 10.1. The van der Waals surface area contributed by atoms with Gasteiger partial charge in [0.1, 0.15) is 12.3 Å². The van der Waals surface area contributed by atoms with Gasteiger partial charge in [-0.2, -0.15) is 0 Å². The first-order valence-electron chi connectivity index (χ1n) is 7.99. The van der Waals surface area contributed by atoms with E-state index in [4.69, 9.17) is 15.6 Å². The number of benzene rings is 1. The van der Waals surface area contributed by atoms with Crippen LogP contribution in [0.5, 0.6) is 5.75 Å². The van der Waals surface area contributed by atoms with E-state index in [1.165, 1.54) is 7.05 Å². The number of hydrogen-bond acceptors (Lipinski definition) is 5.